The molecule has 0 unspecified atom stereocenters. The number of carbonyl (C=O) groups excluding carboxylic acids is 2. The highest BCUT2D eigenvalue weighted by molar-refractivity contribution is 7.89. The summed E-state index contributed by atoms with van der Waals surface area (Å²) in [6.07, 6.45) is 0. The third-order valence-electron chi connectivity index (χ3n) is 3.58. The Morgan fingerprint density at radius 3 is 2.26 bits per heavy atom. The van der Waals surface area contributed by atoms with Gasteiger partial charge in [0.1, 0.15) is 5.75 Å². The van der Waals surface area contributed by atoms with E-state index >= 15 is 0 Å². The van der Waals surface area contributed by atoms with E-state index < -0.39 is 28.5 Å². The molecular weight excluding hydrogens is 372 g/mol. The molecule has 0 spiro atoms. The zero-order valence-corrected chi connectivity index (χ0v) is 15.9. The fraction of sp³-hybridized carbons (Fsp3) is 0.222. The van der Waals surface area contributed by atoms with Gasteiger partial charge in [-0.15, -0.1) is 0 Å². The van der Waals surface area contributed by atoms with Crippen LogP contribution in [0.25, 0.3) is 0 Å². The molecule has 0 saturated carbocycles. The van der Waals surface area contributed by atoms with Crippen molar-refractivity contribution < 1.29 is 27.5 Å². The topological polar surface area (TPSA) is 102 Å². The lowest BCUT2D eigenvalue weighted by molar-refractivity contribution is -0.119. The Morgan fingerprint density at radius 2 is 1.67 bits per heavy atom. The van der Waals surface area contributed by atoms with Crippen LogP contribution in [-0.2, 0) is 19.6 Å². The van der Waals surface area contributed by atoms with Gasteiger partial charge in [0.2, 0.25) is 10.0 Å². The number of ether oxygens (including phenoxy) is 2. The van der Waals surface area contributed by atoms with Crippen LogP contribution in [-0.4, -0.2) is 52.4 Å². The van der Waals surface area contributed by atoms with Crippen molar-refractivity contribution in [2.24, 2.45) is 0 Å². The summed E-state index contributed by atoms with van der Waals surface area (Å²) in [4.78, 5) is 24.0. The van der Waals surface area contributed by atoms with Crippen LogP contribution in [0.1, 0.15) is 10.4 Å². The van der Waals surface area contributed by atoms with E-state index in [1.807, 2.05) is 0 Å². The van der Waals surface area contributed by atoms with Gasteiger partial charge in [-0.25, -0.2) is 17.5 Å². The maximum Gasteiger partial charge on any atom is 0.338 e. The first-order valence-corrected chi connectivity index (χ1v) is 9.32. The van der Waals surface area contributed by atoms with Crippen LogP contribution in [0.4, 0.5) is 5.69 Å². The molecule has 0 heterocycles. The van der Waals surface area contributed by atoms with E-state index in [0.717, 1.165) is 4.31 Å². The average molecular weight is 392 g/mol. The molecule has 0 aliphatic carbocycles. The lowest BCUT2D eigenvalue weighted by Gasteiger charge is -2.12. The maximum atomic E-state index is 12.0. The summed E-state index contributed by atoms with van der Waals surface area (Å²) in [6, 6.07) is 12.1. The normalized spacial score (nSPS) is 11.1. The second kappa shape index (κ2) is 8.65. The van der Waals surface area contributed by atoms with E-state index in [9.17, 15) is 18.0 Å². The number of rotatable bonds is 7. The molecule has 2 aromatic rings. The molecule has 0 aliphatic heterocycles. The minimum absolute atomic E-state index is 0.0537. The Morgan fingerprint density at radius 1 is 1.04 bits per heavy atom. The summed E-state index contributed by atoms with van der Waals surface area (Å²) < 4.78 is 35.2. The monoisotopic (exact) mass is 392 g/mol. The number of hydrogen-bond acceptors (Lipinski definition) is 6. The Kier molecular flexibility index (Phi) is 6.54. The third-order valence-corrected chi connectivity index (χ3v) is 5.41. The molecular formula is C18H20N2O6S. The van der Waals surface area contributed by atoms with Crippen molar-refractivity contribution in [3.05, 3.63) is 54.1 Å². The molecule has 0 aromatic heterocycles. The van der Waals surface area contributed by atoms with Crippen LogP contribution in [0.5, 0.6) is 5.75 Å². The molecule has 0 aliphatic rings. The highest BCUT2D eigenvalue weighted by atomic mass is 32.2. The number of benzene rings is 2. The number of sulfonamides is 1. The zero-order valence-electron chi connectivity index (χ0n) is 15.1. The van der Waals surface area contributed by atoms with Crippen LogP contribution in [0.3, 0.4) is 0 Å². The molecule has 0 radical (unpaired) electrons. The highest BCUT2D eigenvalue weighted by Gasteiger charge is 2.18. The van der Waals surface area contributed by atoms with E-state index in [-0.39, 0.29) is 10.5 Å². The van der Waals surface area contributed by atoms with Gasteiger partial charge in [0.25, 0.3) is 5.91 Å². The predicted molar refractivity (Wildman–Crippen MR) is 99.2 cm³/mol. The Bertz CT molecular complexity index is 923. The first-order valence-electron chi connectivity index (χ1n) is 7.88. The number of methoxy groups -OCH3 is 1. The van der Waals surface area contributed by atoms with Crippen LogP contribution in [0.15, 0.2) is 53.4 Å². The van der Waals surface area contributed by atoms with E-state index in [4.69, 9.17) is 9.47 Å². The van der Waals surface area contributed by atoms with E-state index in [2.05, 4.69) is 5.32 Å². The van der Waals surface area contributed by atoms with Crippen molar-refractivity contribution in [3.8, 4) is 5.75 Å². The lowest BCUT2D eigenvalue weighted by Crippen LogP contribution is -2.22. The zero-order chi connectivity index (χ0) is 20.0. The van der Waals surface area contributed by atoms with Crippen LogP contribution in [0, 0.1) is 0 Å². The summed E-state index contributed by atoms with van der Waals surface area (Å²) in [7, 11) is 0.725. The number of nitrogens with zero attached hydrogens (tertiary/aromatic N) is 1. The second-order valence-corrected chi connectivity index (χ2v) is 7.79. The SMILES string of the molecule is COc1ccccc1NC(=O)COC(=O)c1ccc(S(=O)(=O)N(C)C)cc1. The van der Waals surface area contributed by atoms with Gasteiger partial charge in [-0.1, -0.05) is 12.1 Å². The molecule has 1 N–H and O–H groups in total. The molecule has 8 nitrogen and oxygen atoms in total. The molecule has 0 fully saturated rings. The number of hydrogen-bond donors (Lipinski definition) is 1. The maximum absolute atomic E-state index is 12.0. The van der Waals surface area contributed by atoms with E-state index in [0.29, 0.717) is 11.4 Å². The summed E-state index contributed by atoms with van der Waals surface area (Å²) in [5, 5.41) is 2.58. The highest BCUT2D eigenvalue weighted by Crippen LogP contribution is 2.22. The fourth-order valence-electron chi connectivity index (χ4n) is 2.12. The van der Waals surface area contributed by atoms with Gasteiger partial charge >= 0.3 is 5.97 Å². The number of amides is 1. The van der Waals surface area contributed by atoms with E-state index in [1.54, 1.807) is 24.3 Å². The summed E-state index contributed by atoms with van der Waals surface area (Å²) in [6.45, 7) is -0.491. The first kappa shape index (κ1) is 20.4. The Labute approximate surface area is 157 Å². The molecule has 144 valence electrons. The summed E-state index contributed by atoms with van der Waals surface area (Å²) in [5.74, 6) is -0.784. The predicted octanol–water partition coefficient (Wildman–Crippen LogP) is 1.74. The number of esters is 1. The van der Waals surface area contributed by atoms with Crippen molar-refractivity contribution in [3.63, 3.8) is 0 Å². The lowest BCUT2D eigenvalue weighted by atomic mass is 10.2. The number of nitrogens with one attached hydrogen (secondary N) is 1. The molecule has 27 heavy (non-hydrogen) atoms. The third kappa shape index (κ3) is 5.05. The van der Waals surface area contributed by atoms with Gasteiger partial charge in [0.15, 0.2) is 6.61 Å². The van der Waals surface area contributed by atoms with Crippen LogP contribution in [0.2, 0.25) is 0 Å². The van der Waals surface area contributed by atoms with Crippen molar-refractivity contribution >= 4 is 27.6 Å². The van der Waals surface area contributed by atoms with E-state index in [1.165, 1.54) is 45.5 Å². The number of para-hydroxylation sites is 2. The Balaban J connectivity index is 1.96. The molecule has 1 amide bonds. The quantitative estimate of drug-likeness (QED) is 0.720. The largest absolute Gasteiger partial charge is 0.495 e. The first-order chi connectivity index (χ1) is 12.8. The standard InChI is InChI=1S/C18H20N2O6S/c1-20(2)27(23,24)14-10-8-13(9-11-14)18(22)26-12-17(21)19-15-6-4-5-7-16(15)25-3/h4-11H,12H2,1-3H3,(H,19,21). The molecule has 2 rings (SSSR count). The minimum atomic E-state index is -3.58. The molecule has 2 aromatic carbocycles. The summed E-state index contributed by atoms with van der Waals surface area (Å²) in [5.41, 5.74) is 0.595. The number of carbonyl (C=O) groups is 2. The van der Waals surface area contributed by atoms with Gasteiger partial charge in [-0.2, -0.15) is 0 Å². The average Bonchev–Trinajstić information content (AvgIpc) is 2.66. The van der Waals surface area contributed by atoms with Crippen molar-refractivity contribution in [2.45, 2.75) is 4.90 Å². The second-order valence-electron chi connectivity index (χ2n) is 5.64. The smallest absolute Gasteiger partial charge is 0.338 e. The van der Waals surface area contributed by atoms with Gasteiger partial charge < -0.3 is 14.8 Å². The van der Waals surface area contributed by atoms with Crippen LogP contribution < -0.4 is 10.1 Å². The van der Waals surface area contributed by atoms with Crippen molar-refractivity contribution in [2.75, 3.05) is 33.1 Å². The van der Waals surface area contributed by atoms with Gasteiger partial charge in [0.05, 0.1) is 23.3 Å². The Hall–Kier alpha value is -2.91. The minimum Gasteiger partial charge on any atom is -0.495 e. The number of anilines is 1. The van der Waals surface area contributed by atoms with Gasteiger partial charge in [-0.3, -0.25) is 4.79 Å². The van der Waals surface area contributed by atoms with Crippen LogP contribution >= 0.6 is 0 Å². The fourth-order valence-corrected chi connectivity index (χ4v) is 3.02. The molecule has 0 saturated heterocycles. The van der Waals surface area contributed by atoms with Crippen molar-refractivity contribution in [1.82, 2.24) is 4.31 Å². The molecule has 9 heteroatoms. The van der Waals surface area contributed by atoms with Gasteiger partial charge in [-0.05, 0) is 36.4 Å². The summed E-state index contributed by atoms with van der Waals surface area (Å²) >= 11 is 0. The van der Waals surface area contributed by atoms with Crippen molar-refractivity contribution in [1.29, 1.82) is 0 Å². The molecule has 0 atom stereocenters. The molecule has 0 bridgehead atoms. The van der Waals surface area contributed by atoms with Gasteiger partial charge in [0, 0.05) is 14.1 Å².